The molecule has 3 aromatic rings. The van der Waals surface area contributed by atoms with E-state index in [0.29, 0.717) is 33.8 Å². The molecule has 0 amide bonds. The SMILES string of the molecule is COC(=O)c1c(C)[nH]c(C(=O)C(C)Oc2ccc3ccc(=O)oc3c2)c1C. The van der Waals surface area contributed by atoms with Crippen LogP contribution in [0.25, 0.3) is 11.0 Å². The number of ketones is 1. The molecule has 1 aromatic carbocycles. The minimum Gasteiger partial charge on any atom is -0.482 e. The highest BCUT2D eigenvalue weighted by atomic mass is 16.5. The van der Waals surface area contributed by atoms with Crippen molar-refractivity contribution in [3.63, 3.8) is 0 Å². The highest BCUT2D eigenvalue weighted by Crippen LogP contribution is 2.23. The van der Waals surface area contributed by atoms with Gasteiger partial charge in [-0.3, -0.25) is 4.79 Å². The Bertz CT molecular complexity index is 1090. The predicted octanol–water partition coefficient (Wildman–Crippen LogP) is 3.17. The smallest absolute Gasteiger partial charge is 0.339 e. The van der Waals surface area contributed by atoms with Crippen LogP contribution in [0.5, 0.6) is 5.75 Å². The maximum atomic E-state index is 12.8. The normalized spacial score (nSPS) is 12.0. The molecule has 7 nitrogen and oxygen atoms in total. The monoisotopic (exact) mass is 369 g/mol. The molecule has 0 saturated carbocycles. The van der Waals surface area contributed by atoms with Crippen molar-refractivity contribution >= 4 is 22.7 Å². The van der Waals surface area contributed by atoms with E-state index in [4.69, 9.17) is 13.9 Å². The molecule has 0 radical (unpaired) electrons. The first-order chi connectivity index (χ1) is 12.8. The highest BCUT2D eigenvalue weighted by molar-refractivity contribution is 6.03. The van der Waals surface area contributed by atoms with Gasteiger partial charge in [0, 0.05) is 23.2 Å². The van der Waals surface area contributed by atoms with Gasteiger partial charge in [0.1, 0.15) is 11.3 Å². The van der Waals surface area contributed by atoms with E-state index in [9.17, 15) is 14.4 Å². The van der Waals surface area contributed by atoms with Crippen molar-refractivity contribution < 1.29 is 23.5 Å². The number of fused-ring (bicyclic) bond motifs is 1. The van der Waals surface area contributed by atoms with Crippen molar-refractivity contribution in [3.05, 3.63) is 63.3 Å². The van der Waals surface area contributed by atoms with E-state index in [-0.39, 0.29) is 5.78 Å². The molecule has 2 heterocycles. The molecule has 1 N–H and O–H groups in total. The lowest BCUT2D eigenvalue weighted by Crippen LogP contribution is -2.25. The Morgan fingerprint density at radius 2 is 1.85 bits per heavy atom. The second-order valence-corrected chi connectivity index (χ2v) is 6.19. The van der Waals surface area contributed by atoms with Gasteiger partial charge in [-0.15, -0.1) is 0 Å². The van der Waals surface area contributed by atoms with E-state index in [2.05, 4.69) is 4.98 Å². The summed E-state index contributed by atoms with van der Waals surface area (Å²) in [5.41, 5.74) is 1.64. The zero-order valence-electron chi connectivity index (χ0n) is 15.4. The van der Waals surface area contributed by atoms with Gasteiger partial charge in [0.15, 0.2) is 6.10 Å². The second-order valence-electron chi connectivity index (χ2n) is 6.19. The molecule has 140 valence electrons. The largest absolute Gasteiger partial charge is 0.482 e. The number of hydrogen-bond donors (Lipinski definition) is 1. The van der Waals surface area contributed by atoms with Crippen LogP contribution in [0.1, 0.15) is 39.0 Å². The van der Waals surface area contributed by atoms with E-state index < -0.39 is 17.7 Å². The summed E-state index contributed by atoms with van der Waals surface area (Å²) in [4.78, 5) is 39.0. The van der Waals surface area contributed by atoms with Crippen molar-refractivity contribution in [2.24, 2.45) is 0 Å². The van der Waals surface area contributed by atoms with Gasteiger partial charge < -0.3 is 18.9 Å². The van der Waals surface area contributed by atoms with Crippen LogP contribution in [0, 0.1) is 13.8 Å². The third-order valence-electron chi connectivity index (χ3n) is 4.35. The molecule has 0 saturated heterocycles. The van der Waals surface area contributed by atoms with Gasteiger partial charge in [-0.05, 0) is 44.5 Å². The first-order valence-corrected chi connectivity index (χ1v) is 8.34. The van der Waals surface area contributed by atoms with Gasteiger partial charge in [0.25, 0.3) is 0 Å². The Labute approximate surface area is 154 Å². The number of aryl methyl sites for hydroxylation is 1. The molecular weight excluding hydrogens is 350 g/mol. The number of rotatable bonds is 5. The van der Waals surface area contributed by atoms with Crippen LogP contribution in [0.2, 0.25) is 0 Å². The van der Waals surface area contributed by atoms with E-state index in [1.165, 1.54) is 13.2 Å². The average Bonchev–Trinajstić information content (AvgIpc) is 2.94. The summed E-state index contributed by atoms with van der Waals surface area (Å²) >= 11 is 0. The number of benzene rings is 1. The fraction of sp³-hybridized carbons (Fsp3) is 0.250. The number of carbonyl (C=O) groups excluding carboxylic acids is 2. The minimum atomic E-state index is -0.819. The molecule has 3 rings (SSSR count). The van der Waals surface area contributed by atoms with Gasteiger partial charge >= 0.3 is 11.6 Å². The van der Waals surface area contributed by atoms with Crippen molar-refractivity contribution in [2.75, 3.05) is 7.11 Å². The molecule has 1 atom stereocenters. The van der Waals surface area contributed by atoms with Crippen molar-refractivity contribution in [2.45, 2.75) is 26.9 Å². The van der Waals surface area contributed by atoms with Crippen LogP contribution in [0.4, 0.5) is 0 Å². The van der Waals surface area contributed by atoms with Crippen molar-refractivity contribution in [3.8, 4) is 5.75 Å². The topological polar surface area (TPSA) is 98.6 Å². The number of aromatic nitrogens is 1. The molecular formula is C20H19NO6. The first-order valence-electron chi connectivity index (χ1n) is 8.34. The third-order valence-corrected chi connectivity index (χ3v) is 4.35. The molecule has 0 spiro atoms. The maximum Gasteiger partial charge on any atom is 0.339 e. The van der Waals surface area contributed by atoms with E-state index in [1.54, 1.807) is 45.0 Å². The van der Waals surface area contributed by atoms with Gasteiger partial charge in [-0.1, -0.05) is 0 Å². The molecule has 0 fully saturated rings. The molecule has 0 bridgehead atoms. The number of nitrogens with one attached hydrogen (secondary N) is 1. The Hall–Kier alpha value is -3.35. The molecule has 0 aliphatic heterocycles. The van der Waals surface area contributed by atoms with E-state index in [0.717, 1.165) is 5.39 Å². The molecule has 2 aromatic heterocycles. The minimum absolute atomic E-state index is 0.299. The predicted molar refractivity (Wildman–Crippen MR) is 98.5 cm³/mol. The van der Waals surface area contributed by atoms with Crippen LogP contribution < -0.4 is 10.4 Å². The summed E-state index contributed by atoms with van der Waals surface area (Å²) in [7, 11) is 1.29. The lowest BCUT2D eigenvalue weighted by Gasteiger charge is -2.14. The fourth-order valence-corrected chi connectivity index (χ4v) is 2.98. The molecule has 0 aliphatic carbocycles. The van der Waals surface area contributed by atoms with Crippen molar-refractivity contribution in [1.82, 2.24) is 4.98 Å². The Balaban J connectivity index is 1.86. The standard InChI is InChI=1S/C20H19NO6/c1-10-17(20(24)25-4)11(2)21-18(10)19(23)12(3)26-14-7-5-13-6-8-16(22)27-15(13)9-14/h5-9,12,21H,1-4H3. The summed E-state index contributed by atoms with van der Waals surface area (Å²) in [5, 5.41) is 0.750. The summed E-state index contributed by atoms with van der Waals surface area (Å²) in [6.07, 6.45) is -0.819. The number of H-pyrrole nitrogens is 1. The second kappa shape index (κ2) is 7.11. The van der Waals surface area contributed by atoms with Gasteiger partial charge in [0.2, 0.25) is 5.78 Å². The molecule has 27 heavy (non-hydrogen) atoms. The maximum absolute atomic E-state index is 12.8. The molecule has 1 unspecified atom stereocenters. The van der Waals surface area contributed by atoms with Crippen LogP contribution in [-0.2, 0) is 4.74 Å². The third kappa shape index (κ3) is 3.48. The van der Waals surface area contributed by atoms with Crippen LogP contribution in [0.3, 0.4) is 0 Å². The van der Waals surface area contributed by atoms with E-state index in [1.807, 2.05) is 0 Å². The molecule has 0 aliphatic rings. The number of aromatic amines is 1. The number of Topliss-reactive ketones (excluding diaryl/α,β-unsaturated/α-hetero) is 1. The number of carbonyl (C=O) groups is 2. The summed E-state index contributed by atoms with van der Waals surface area (Å²) < 4.78 is 15.6. The summed E-state index contributed by atoms with van der Waals surface area (Å²) in [5.74, 6) is -0.411. The summed E-state index contributed by atoms with van der Waals surface area (Å²) in [6, 6.07) is 7.99. The van der Waals surface area contributed by atoms with Gasteiger partial charge in [-0.25, -0.2) is 9.59 Å². The van der Waals surface area contributed by atoms with Crippen LogP contribution in [0.15, 0.2) is 39.5 Å². The Kier molecular flexibility index (Phi) is 4.85. The zero-order valence-corrected chi connectivity index (χ0v) is 15.4. The van der Waals surface area contributed by atoms with Gasteiger partial charge in [0.05, 0.1) is 18.4 Å². The summed E-state index contributed by atoms with van der Waals surface area (Å²) in [6.45, 7) is 4.99. The Morgan fingerprint density at radius 3 is 2.56 bits per heavy atom. The first kappa shape index (κ1) is 18.4. The number of ether oxygens (including phenoxy) is 2. The van der Waals surface area contributed by atoms with Crippen LogP contribution in [-0.4, -0.2) is 30.0 Å². The highest BCUT2D eigenvalue weighted by Gasteiger charge is 2.26. The number of methoxy groups -OCH3 is 1. The average molecular weight is 369 g/mol. The zero-order chi connectivity index (χ0) is 19.7. The fourth-order valence-electron chi connectivity index (χ4n) is 2.98. The van der Waals surface area contributed by atoms with Gasteiger partial charge in [-0.2, -0.15) is 0 Å². The van der Waals surface area contributed by atoms with Crippen molar-refractivity contribution in [1.29, 1.82) is 0 Å². The lowest BCUT2D eigenvalue weighted by molar-refractivity contribution is 0.0599. The number of hydrogen-bond acceptors (Lipinski definition) is 6. The number of esters is 1. The quantitative estimate of drug-likeness (QED) is 0.421. The van der Waals surface area contributed by atoms with Crippen LogP contribution >= 0.6 is 0 Å². The van der Waals surface area contributed by atoms with E-state index >= 15 is 0 Å². The lowest BCUT2D eigenvalue weighted by atomic mass is 10.1. The molecule has 7 heteroatoms. The Morgan fingerprint density at radius 1 is 1.15 bits per heavy atom.